The molecular weight excluding hydrogens is 256 g/mol. The molecule has 0 amide bonds. The number of hydrogen-bond donors (Lipinski definition) is 1. The Balaban J connectivity index is 2.18. The molecule has 2 heterocycles. The molecule has 2 aromatic rings. The Morgan fingerprint density at radius 1 is 1.37 bits per heavy atom. The average molecular weight is 278 g/mol. The number of nitrogens with zero attached hydrogens (tertiary/aromatic N) is 3. The molecule has 0 fully saturated rings. The zero-order valence-corrected chi connectivity index (χ0v) is 12.9. The third-order valence-electron chi connectivity index (χ3n) is 3.11. The summed E-state index contributed by atoms with van der Waals surface area (Å²) in [6.07, 6.45) is 4.91. The van der Waals surface area contributed by atoms with Gasteiger partial charge in [0.15, 0.2) is 0 Å². The Labute approximate surface area is 118 Å². The van der Waals surface area contributed by atoms with E-state index in [4.69, 9.17) is 4.98 Å². The van der Waals surface area contributed by atoms with Crippen LogP contribution in [-0.4, -0.2) is 21.1 Å². The minimum atomic E-state index is 0.306. The second kappa shape index (κ2) is 6.30. The van der Waals surface area contributed by atoms with Crippen molar-refractivity contribution < 1.29 is 0 Å². The predicted octanol–water partition coefficient (Wildman–Crippen LogP) is 3.65. The van der Waals surface area contributed by atoms with Crippen molar-refractivity contribution in [1.29, 1.82) is 0 Å². The summed E-state index contributed by atoms with van der Waals surface area (Å²) in [5, 5.41) is 6.65. The highest BCUT2D eigenvalue weighted by atomic mass is 32.1. The third-order valence-corrected chi connectivity index (χ3v) is 3.99. The molecule has 19 heavy (non-hydrogen) atoms. The Hall–Kier alpha value is -1.20. The predicted molar refractivity (Wildman–Crippen MR) is 80.4 cm³/mol. The van der Waals surface area contributed by atoms with Crippen LogP contribution >= 0.6 is 11.3 Å². The molecule has 0 saturated heterocycles. The molecule has 2 rings (SSSR count). The van der Waals surface area contributed by atoms with Crippen LogP contribution in [-0.2, 0) is 0 Å². The van der Waals surface area contributed by atoms with Gasteiger partial charge in [-0.1, -0.05) is 6.92 Å². The Morgan fingerprint density at radius 3 is 2.84 bits per heavy atom. The second-order valence-electron chi connectivity index (χ2n) is 5.03. The maximum absolute atomic E-state index is 4.74. The van der Waals surface area contributed by atoms with Crippen LogP contribution < -0.4 is 5.32 Å². The van der Waals surface area contributed by atoms with Crippen LogP contribution in [0.3, 0.4) is 0 Å². The van der Waals surface area contributed by atoms with Crippen molar-refractivity contribution in [2.45, 2.75) is 46.2 Å². The molecule has 5 heteroatoms. The highest BCUT2D eigenvalue weighted by Crippen LogP contribution is 2.27. The van der Waals surface area contributed by atoms with Gasteiger partial charge in [0.2, 0.25) is 0 Å². The van der Waals surface area contributed by atoms with Gasteiger partial charge in [0.05, 0.1) is 23.9 Å². The van der Waals surface area contributed by atoms with E-state index in [1.807, 2.05) is 12.5 Å². The molecule has 1 N–H and O–H groups in total. The van der Waals surface area contributed by atoms with E-state index in [0.717, 1.165) is 29.4 Å². The highest BCUT2D eigenvalue weighted by molar-refractivity contribution is 7.13. The SMILES string of the molecule is CCCNC(C)c1csc(-c2cncn2C(C)C)n1. The quantitative estimate of drug-likeness (QED) is 0.877. The van der Waals surface area contributed by atoms with Crippen molar-refractivity contribution in [2.24, 2.45) is 0 Å². The molecule has 0 aliphatic rings. The highest BCUT2D eigenvalue weighted by Gasteiger charge is 2.14. The van der Waals surface area contributed by atoms with Gasteiger partial charge in [0, 0.05) is 17.5 Å². The summed E-state index contributed by atoms with van der Waals surface area (Å²) in [5.74, 6) is 0. The molecule has 1 atom stereocenters. The van der Waals surface area contributed by atoms with Crippen LogP contribution in [0, 0.1) is 0 Å². The summed E-state index contributed by atoms with van der Waals surface area (Å²) < 4.78 is 2.16. The normalized spacial score (nSPS) is 13.1. The van der Waals surface area contributed by atoms with Gasteiger partial charge in [-0.05, 0) is 33.7 Å². The fourth-order valence-corrected chi connectivity index (χ4v) is 2.88. The summed E-state index contributed by atoms with van der Waals surface area (Å²) in [6, 6.07) is 0.709. The maximum Gasteiger partial charge on any atom is 0.141 e. The maximum atomic E-state index is 4.74. The number of imidazole rings is 1. The number of nitrogens with one attached hydrogen (secondary N) is 1. The first-order valence-corrected chi connectivity index (χ1v) is 7.72. The second-order valence-corrected chi connectivity index (χ2v) is 5.89. The minimum absolute atomic E-state index is 0.306. The Kier molecular flexibility index (Phi) is 4.71. The summed E-state index contributed by atoms with van der Waals surface area (Å²) in [7, 11) is 0. The standard InChI is InChI=1S/C14H22N4S/c1-5-6-16-11(4)12-8-19-14(17-12)13-7-15-9-18(13)10(2)3/h7-11,16H,5-6H2,1-4H3. The molecule has 0 aliphatic heterocycles. The summed E-state index contributed by atoms with van der Waals surface area (Å²) in [6.45, 7) is 9.68. The largest absolute Gasteiger partial charge is 0.326 e. The van der Waals surface area contributed by atoms with E-state index >= 15 is 0 Å². The molecule has 0 radical (unpaired) electrons. The van der Waals surface area contributed by atoms with Crippen molar-refractivity contribution in [3.8, 4) is 10.7 Å². The van der Waals surface area contributed by atoms with Gasteiger partial charge in [-0.15, -0.1) is 11.3 Å². The van der Waals surface area contributed by atoms with E-state index in [0.29, 0.717) is 12.1 Å². The van der Waals surface area contributed by atoms with E-state index in [1.165, 1.54) is 0 Å². The molecule has 4 nitrogen and oxygen atoms in total. The topological polar surface area (TPSA) is 42.7 Å². The zero-order valence-electron chi connectivity index (χ0n) is 12.1. The van der Waals surface area contributed by atoms with E-state index in [9.17, 15) is 0 Å². The van der Waals surface area contributed by atoms with Crippen LogP contribution in [0.4, 0.5) is 0 Å². The van der Waals surface area contributed by atoms with Crippen LogP contribution in [0.1, 0.15) is 51.9 Å². The molecular formula is C14H22N4S. The van der Waals surface area contributed by atoms with Crippen LogP contribution in [0.5, 0.6) is 0 Å². The lowest BCUT2D eigenvalue weighted by molar-refractivity contribution is 0.560. The number of rotatable bonds is 6. The Morgan fingerprint density at radius 2 is 2.16 bits per heavy atom. The lowest BCUT2D eigenvalue weighted by Gasteiger charge is -2.11. The molecule has 1 unspecified atom stereocenters. The first kappa shape index (κ1) is 14.2. The van der Waals surface area contributed by atoms with Gasteiger partial charge in [0.1, 0.15) is 5.01 Å². The van der Waals surface area contributed by atoms with Gasteiger partial charge in [-0.25, -0.2) is 9.97 Å². The molecule has 0 spiro atoms. The lowest BCUT2D eigenvalue weighted by atomic mass is 10.2. The molecule has 0 aromatic carbocycles. The zero-order chi connectivity index (χ0) is 13.8. The van der Waals surface area contributed by atoms with Gasteiger partial charge in [-0.3, -0.25) is 0 Å². The van der Waals surface area contributed by atoms with Crippen molar-refractivity contribution in [3.05, 3.63) is 23.6 Å². The van der Waals surface area contributed by atoms with Crippen LogP contribution in [0.2, 0.25) is 0 Å². The summed E-state index contributed by atoms with van der Waals surface area (Å²) in [4.78, 5) is 8.98. The molecule has 104 valence electrons. The van der Waals surface area contributed by atoms with E-state index in [-0.39, 0.29) is 0 Å². The van der Waals surface area contributed by atoms with Crippen molar-refractivity contribution >= 4 is 11.3 Å². The van der Waals surface area contributed by atoms with E-state index in [1.54, 1.807) is 11.3 Å². The average Bonchev–Trinajstić information content (AvgIpc) is 3.02. The molecule has 0 bridgehead atoms. The van der Waals surface area contributed by atoms with Gasteiger partial charge >= 0.3 is 0 Å². The van der Waals surface area contributed by atoms with Crippen LogP contribution in [0.15, 0.2) is 17.9 Å². The summed E-state index contributed by atoms with van der Waals surface area (Å²) >= 11 is 1.69. The fourth-order valence-electron chi connectivity index (χ4n) is 1.95. The van der Waals surface area contributed by atoms with Gasteiger partial charge in [0.25, 0.3) is 0 Å². The number of hydrogen-bond acceptors (Lipinski definition) is 4. The van der Waals surface area contributed by atoms with Crippen molar-refractivity contribution in [1.82, 2.24) is 19.9 Å². The molecule has 0 aliphatic carbocycles. The smallest absolute Gasteiger partial charge is 0.141 e. The summed E-state index contributed by atoms with van der Waals surface area (Å²) in [5.41, 5.74) is 2.22. The van der Waals surface area contributed by atoms with E-state index < -0.39 is 0 Å². The van der Waals surface area contributed by atoms with Crippen molar-refractivity contribution in [2.75, 3.05) is 6.54 Å². The number of aromatic nitrogens is 3. The lowest BCUT2D eigenvalue weighted by Crippen LogP contribution is -2.19. The van der Waals surface area contributed by atoms with Crippen molar-refractivity contribution in [3.63, 3.8) is 0 Å². The first-order valence-electron chi connectivity index (χ1n) is 6.84. The van der Waals surface area contributed by atoms with Gasteiger partial charge in [-0.2, -0.15) is 0 Å². The monoisotopic (exact) mass is 278 g/mol. The molecule has 0 saturated carbocycles. The minimum Gasteiger partial charge on any atom is -0.326 e. The Bertz CT molecular complexity index is 515. The van der Waals surface area contributed by atoms with Crippen LogP contribution in [0.25, 0.3) is 10.7 Å². The van der Waals surface area contributed by atoms with Gasteiger partial charge < -0.3 is 9.88 Å². The number of thiazole rings is 1. The first-order chi connectivity index (χ1) is 9.13. The molecule has 2 aromatic heterocycles. The van der Waals surface area contributed by atoms with E-state index in [2.05, 4.69) is 47.9 Å². The third kappa shape index (κ3) is 3.22. The fraction of sp³-hybridized carbons (Fsp3) is 0.571.